The molecule has 98 valence electrons. The van der Waals surface area contributed by atoms with Gasteiger partial charge in [-0.25, -0.2) is 4.79 Å². The SMILES string of the molecule is O=C(O)CC[C@H](NC(=O)c1ccc(Br)s1)C(=O)O. The minimum absolute atomic E-state index is 0.150. The quantitative estimate of drug-likeness (QED) is 0.731. The van der Waals surface area contributed by atoms with Gasteiger partial charge in [-0.15, -0.1) is 11.3 Å². The van der Waals surface area contributed by atoms with Crippen molar-refractivity contribution in [2.24, 2.45) is 0 Å². The van der Waals surface area contributed by atoms with E-state index >= 15 is 0 Å². The van der Waals surface area contributed by atoms with Crippen molar-refractivity contribution in [2.45, 2.75) is 18.9 Å². The molecule has 1 heterocycles. The molecule has 1 amide bonds. The lowest BCUT2D eigenvalue weighted by molar-refractivity contribution is -0.140. The number of carbonyl (C=O) groups is 3. The van der Waals surface area contributed by atoms with Gasteiger partial charge in [0.1, 0.15) is 6.04 Å². The number of carboxylic acid groups (broad SMARTS) is 2. The number of nitrogens with one attached hydrogen (secondary N) is 1. The smallest absolute Gasteiger partial charge is 0.326 e. The van der Waals surface area contributed by atoms with Crippen molar-refractivity contribution in [1.82, 2.24) is 5.32 Å². The largest absolute Gasteiger partial charge is 0.481 e. The lowest BCUT2D eigenvalue weighted by atomic mass is 10.1. The number of thiophene rings is 1. The van der Waals surface area contributed by atoms with E-state index in [1.54, 1.807) is 12.1 Å². The summed E-state index contributed by atoms with van der Waals surface area (Å²) in [6.45, 7) is 0. The molecule has 18 heavy (non-hydrogen) atoms. The molecule has 1 atom stereocenters. The summed E-state index contributed by atoms with van der Waals surface area (Å²) in [6, 6.07) is 2.03. The van der Waals surface area contributed by atoms with E-state index in [4.69, 9.17) is 10.2 Å². The zero-order valence-electron chi connectivity index (χ0n) is 9.05. The van der Waals surface area contributed by atoms with Gasteiger partial charge < -0.3 is 15.5 Å². The Hall–Kier alpha value is -1.41. The Kier molecular flexibility index (Phi) is 5.29. The standard InChI is InChI=1S/C10H10BrNO5S/c11-7-3-2-6(18-7)9(15)12-5(10(16)17)1-4-8(13)14/h2-3,5H,1,4H2,(H,12,15)(H,13,14)(H,16,17)/t5-/m0/s1. The van der Waals surface area contributed by atoms with Crippen molar-refractivity contribution in [1.29, 1.82) is 0 Å². The molecule has 0 aliphatic carbocycles. The van der Waals surface area contributed by atoms with Crippen LogP contribution in [0.15, 0.2) is 15.9 Å². The van der Waals surface area contributed by atoms with Crippen LogP contribution < -0.4 is 5.32 Å². The average molecular weight is 336 g/mol. The van der Waals surface area contributed by atoms with Gasteiger partial charge in [-0.3, -0.25) is 9.59 Å². The Morgan fingerprint density at radius 1 is 1.33 bits per heavy atom. The summed E-state index contributed by atoms with van der Waals surface area (Å²) in [5.41, 5.74) is 0. The Balaban J connectivity index is 2.63. The van der Waals surface area contributed by atoms with E-state index in [1.165, 1.54) is 11.3 Å². The van der Waals surface area contributed by atoms with Crippen LogP contribution in [0.2, 0.25) is 0 Å². The number of aliphatic carboxylic acids is 2. The van der Waals surface area contributed by atoms with E-state index < -0.39 is 23.9 Å². The molecule has 0 aliphatic heterocycles. The van der Waals surface area contributed by atoms with Crippen LogP contribution in [-0.4, -0.2) is 34.1 Å². The van der Waals surface area contributed by atoms with E-state index in [1.807, 2.05) is 0 Å². The monoisotopic (exact) mass is 335 g/mol. The highest BCUT2D eigenvalue weighted by Gasteiger charge is 2.22. The fourth-order valence-corrected chi connectivity index (χ4v) is 2.48. The van der Waals surface area contributed by atoms with Crippen LogP contribution in [0.4, 0.5) is 0 Å². The number of halogens is 1. The van der Waals surface area contributed by atoms with Crippen LogP contribution in [0.3, 0.4) is 0 Å². The third-order valence-electron chi connectivity index (χ3n) is 2.05. The van der Waals surface area contributed by atoms with Gasteiger partial charge in [0.05, 0.1) is 8.66 Å². The highest BCUT2D eigenvalue weighted by atomic mass is 79.9. The van der Waals surface area contributed by atoms with E-state index in [-0.39, 0.29) is 12.8 Å². The molecule has 1 aromatic heterocycles. The first kappa shape index (κ1) is 14.7. The van der Waals surface area contributed by atoms with Crippen LogP contribution in [0.5, 0.6) is 0 Å². The number of amides is 1. The first-order valence-corrected chi connectivity index (χ1v) is 6.52. The van der Waals surface area contributed by atoms with Gasteiger partial charge in [-0.1, -0.05) is 0 Å². The Morgan fingerprint density at radius 3 is 2.44 bits per heavy atom. The van der Waals surface area contributed by atoms with E-state index in [0.29, 0.717) is 4.88 Å². The number of hydrogen-bond acceptors (Lipinski definition) is 4. The lowest BCUT2D eigenvalue weighted by Crippen LogP contribution is -2.40. The number of rotatable bonds is 6. The summed E-state index contributed by atoms with van der Waals surface area (Å²) < 4.78 is 0.755. The summed E-state index contributed by atoms with van der Waals surface area (Å²) in [5, 5.41) is 19.7. The van der Waals surface area contributed by atoms with Gasteiger partial charge in [-0.05, 0) is 34.5 Å². The summed E-state index contributed by atoms with van der Waals surface area (Å²) in [5.74, 6) is -2.88. The molecular formula is C10H10BrNO5S. The first-order chi connectivity index (χ1) is 8.40. The highest BCUT2D eigenvalue weighted by Crippen LogP contribution is 2.22. The predicted molar refractivity (Wildman–Crippen MR) is 67.8 cm³/mol. The third kappa shape index (κ3) is 4.46. The van der Waals surface area contributed by atoms with E-state index in [0.717, 1.165) is 3.79 Å². The molecule has 1 aromatic rings. The predicted octanol–water partition coefficient (Wildman–Crippen LogP) is 1.56. The number of carboxylic acids is 2. The molecule has 6 nitrogen and oxygen atoms in total. The second-order valence-electron chi connectivity index (χ2n) is 3.40. The zero-order valence-corrected chi connectivity index (χ0v) is 11.5. The zero-order chi connectivity index (χ0) is 13.7. The van der Waals surface area contributed by atoms with E-state index in [2.05, 4.69) is 21.2 Å². The maximum atomic E-state index is 11.7. The maximum absolute atomic E-state index is 11.7. The molecule has 0 bridgehead atoms. The molecule has 0 unspecified atom stereocenters. The molecule has 0 spiro atoms. The van der Waals surface area contributed by atoms with Crippen molar-refractivity contribution < 1.29 is 24.6 Å². The second kappa shape index (κ2) is 6.50. The number of hydrogen-bond donors (Lipinski definition) is 3. The fraction of sp³-hybridized carbons (Fsp3) is 0.300. The van der Waals surface area contributed by atoms with Crippen molar-refractivity contribution in [3.63, 3.8) is 0 Å². The highest BCUT2D eigenvalue weighted by molar-refractivity contribution is 9.11. The summed E-state index contributed by atoms with van der Waals surface area (Å²) in [7, 11) is 0. The molecule has 0 saturated heterocycles. The maximum Gasteiger partial charge on any atom is 0.326 e. The van der Waals surface area contributed by atoms with E-state index in [9.17, 15) is 14.4 Å². The Labute approximate surface area is 115 Å². The van der Waals surface area contributed by atoms with Crippen LogP contribution in [0.1, 0.15) is 22.5 Å². The molecular weight excluding hydrogens is 326 g/mol. The van der Waals surface area contributed by atoms with Crippen LogP contribution in [0.25, 0.3) is 0 Å². The fourth-order valence-electron chi connectivity index (χ4n) is 1.19. The van der Waals surface area contributed by atoms with Crippen molar-refractivity contribution in [3.05, 3.63) is 20.8 Å². The Bertz CT molecular complexity index is 473. The van der Waals surface area contributed by atoms with Crippen LogP contribution >= 0.6 is 27.3 Å². The molecule has 0 saturated carbocycles. The van der Waals surface area contributed by atoms with Crippen LogP contribution in [0, 0.1) is 0 Å². The van der Waals surface area contributed by atoms with Crippen molar-refractivity contribution in [3.8, 4) is 0 Å². The molecule has 0 aliphatic rings. The second-order valence-corrected chi connectivity index (χ2v) is 5.86. The molecule has 1 rings (SSSR count). The summed E-state index contributed by atoms with van der Waals surface area (Å²) in [6.07, 6.45) is -0.464. The number of carbonyl (C=O) groups excluding carboxylic acids is 1. The topological polar surface area (TPSA) is 104 Å². The van der Waals surface area contributed by atoms with Gasteiger partial charge in [0.25, 0.3) is 5.91 Å². The molecule has 0 aromatic carbocycles. The van der Waals surface area contributed by atoms with Crippen molar-refractivity contribution >= 4 is 45.1 Å². The minimum atomic E-state index is -1.25. The summed E-state index contributed by atoms with van der Waals surface area (Å²) >= 11 is 4.36. The van der Waals surface area contributed by atoms with Gasteiger partial charge in [0.2, 0.25) is 0 Å². The average Bonchev–Trinajstić information content (AvgIpc) is 2.70. The van der Waals surface area contributed by atoms with Gasteiger partial charge >= 0.3 is 11.9 Å². The minimum Gasteiger partial charge on any atom is -0.481 e. The van der Waals surface area contributed by atoms with Gasteiger partial charge in [-0.2, -0.15) is 0 Å². The molecule has 3 N–H and O–H groups in total. The Morgan fingerprint density at radius 2 is 2.00 bits per heavy atom. The lowest BCUT2D eigenvalue weighted by Gasteiger charge is -2.12. The van der Waals surface area contributed by atoms with Crippen molar-refractivity contribution in [2.75, 3.05) is 0 Å². The third-order valence-corrected chi connectivity index (χ3v) is 3.67. The molecule has 0 radical (unpaired) electrons. The van der Waals surface area contributed by atoms with Gasteiger partial charge in [0, 0.05) is 6.42 Å². The molecule has 8 heteroatoms. The molecule has 0 fully saturated rings. The summed E-state index contributed by atoms with van der Waals surface area (Å²) in [4.78, 5) is 33.3. The first-order valence-electron chi connectivity index (χ1n) is 4.91. The normalized spacial score (nSPS) is 11.8. The van der Waals surface area contributed by atoms with Crippen LogP contribution in [-0.2, 0) is 9.59 Å². The van der Waals surface area contributed by atoms with Gasteiger partial charge in [0.15, 0.2) is 0 Å².